The van der Waals surface area contributed by atoms with Gasteiger partial charge in [0.1, 0.15) is 12.1 Å². The average molecular weight is 401 g/mol. The largest absolute Gasteiger partial charge is 0.376 e. The predicted molar refractivity (Wildman–Crippen MR) is 104 cm³/mol. The van der Waals surface area contributed by atoms with Gasteiger partial charge in [0.25, 0.3) is 5.91 Å². The molecule has 4 rings (SSSR count). The van der Waals surface area contributed by atoms with Gasteiger partial charge in [0, 0.05) is 26.2 Å². The number of benzene rings is 1. The number of nitrogens with zero attached hydrogens (tertiary/aromatic N) is 2. The van der Waals surface area contributed by atoms with Crippen LogP contribution in [0.5, 0.6) is 0 Å². The van der Waals surface area contributed by atoms with Crippen molar-refractivity contribution in [1.82, 2.24) is 15.1 Å². The van der Waals surface area contributed by atoms with Crippen molar-refractivity contribution in [3.8, 4) is 0 Å². The Morgan fingerprint density at radius 3 is 2.66 bits per heavy atom. The number of ether oxygens (including phenoxy) is 2. The second kappa shape index (κ2) is 8.51. The molecule has 29 heavy (non-hydrogen) atoms. The molecule has 8 nitrogen and oxygen atoms in total. The second-order valence-corrected chi connectivity index (χ2v) is 7.89. The Labute approximate surface area is 170 Å². The van der Waals surface area contributed by atoms with E-state index >= 15 is 0 Å². The topological polar surface area (TPSA) is 88.2 Å². The number of rotatable bonds is 6. The quantitative estimate of drug-likeness (QED) is 0.726. The molecular formula is C21H27N3O5. The van der Waals surface area contributed by atoms with Crippen LogP contribution in [0.25, 0.3) is 0 Å². The first-order chi connectivity index (χ1) is 14.1. The number of likely N-dealkylation sites (tertiary alicyclic amines) is 1. The SMILES string of the molecule is O=C(COCC1CCCO1)N1CCC2(CC1)C(=O)NC(=O)N2Cc1ccccc1. The van der Waals surface area contributed by atoms with Gasteiger partial charge in [-0.25, -0.2) is 4.79 Å². The van der Waals surface area contributed by atoms with Crippen molar-refractivity contribution in [2.24, 2.45) is 0 Å². The fourth-order valence-corrected chi connectivity index (χ4v) is 4.35. The third kappa shape index (κ3) is 4.13. The Kier molecular flexibility index (Phi) is 5.82. The summed E-state index contributed by atoms with van der Waals surface area (Å²) < 4.78 is 11.0. The molecule has 0 saturated carbocycles. The van der Waals surface area contributed by atoms with E-state index in [1.807, 2.05) is 30.3 Å². The number of nitrogens with one attached hydrogen (secondary N) is 1. The molecule has 0 radical (unpaired) electrons. The van der Waals surface area contributed by atoms with Gasteiger partial charge in [-0.15, -0.1) is 0 Å². The Bertz CT molecular complexity index is 755. The number of imide groups is 1. The van der Waals surface area contributed by atoms with E-state index in [4.69, 9.17) is 9.47 Å². The van der Waals surface area contributed by atoms with Gasteiger partial charge >= 0.3 is 6.03 Å². The molecule has 4 amide bonds. The van der Waals surface area contributed by atoms with Crippen molar-refractivity contribution < 1.29 is 23.9 Å². The minimum absolute atomic E-state index is 0.0196. The molecule has 156 valence electrons. The van der Waals surface area contributed by atoms with E-state index in [1.165, 1.54) is 0 Å². The van der Waals surface area contributed by atoms with Gasteiger partial charge in [0.15, 0.2) is 0 Å². The highest BCUT2D eigenvalue weighted by Crippen LogP contribution is 2.34. The number of carbonyl (C=O) groups is 3. The first-order valence-corrected chi connectivity index (χ1v) is 10.2. The Balaban J connectivity index is 1.33. The van der Waals surface area contributed by atoms with E-state index in [9.17, 15) is 14.4 Å². The first-order valence-electron chi connectivity index (χ1n) is 10.2. The molecule has 0 aromatic heterocycles. The van der Waals surface area contributed by atoms with Crippen LogP contribution in [0.2, 0.25) is 0 Å². The lowest BCUT2D eigenvalue weighted by Gasteiger charge is -2.42. The van der Waals surface area contributed by atoms with E-state index in [0.717, 1.165) is 25.0 Å². The summed E-state index contributed by atoms with van der Waals surface area (Å²) in [5, 5.41) is 2.46. The minimum atomic E-state index is -0.887. The van der Waals surface area contributed by atoms with Crippen LogP contribution in [-0.2, 0) is 25.6 Å². The van der Waals surface area contributed by atoms with Crippen molar-refractivity contribution in [3.63, 3.8) is 0 Å². The molecule has 1 aromatic carbocycles. The lowest BCUT2D eigenvalue weighted by atomic mass is 9.85. The van der Waals surface area contributed by atoms with Crippen molar-refractivity contribution in [2.75, 3.05) is 32.9 Å². The van der Waals surface area contributed by atoms with Crippen molar-refractivity contribution in [3.05, 3.63) is 35.9 Å². The predicted octanol–water partition coefficient (Wildman–Crippen LogP) is 1.30. The summed E-state index contributed by atoms with van der Waals surface area (Å²) >= 11 is 0. The summed E-state index contributed by atoms with van der Waals surface area (Å²) in [7, 11) is 0. The number of hydrogen-bond donors (Lipinski definition) is 1. The van der Waals surface area contributed by atoms with Crippen LogP contribution in [0.4, 0.5) is 4.79 Å². The van der Waals surface area contributed by atoms with Crippen LogP contribution in [0.3, 0.4) is 0 Å². The smallest absolute Gasteiger partial charge is 0.325 e. The molecular weight excluding hydrogens is 374 g/mol. The Hall–Kier alpha value is -2.45. The number of piperidine rings is 1. The van der Waals surface area contributed by atoms with Crippen molar-refractivity contribution >= 4 is 17.8 Å². The summed E-state index contributed by atoms with van der Waals surface area (Å²) in [6.07, 6.45) is 2.95. The van der Waals surface area contributed by atoms with E-state index < -0.39 is 5.54 Å². The monoisotopic (exact) mass is 401 g/mol. The standard InChI is InChI=1S/C21H27N3O5/c25-18(15-28-14-17-7-4-12-29-17)23-10-8-21(9-11-23)19(26)22-20(27)24(21)13-16-5-2-1-3-6-16/h1-3,5-6,17H,4,7-15H2,(H,22,26,27). The van der Waals surface area contributed by atoms with Crippen LogP contribution in [0, 0.1) is 0 Å². The zero-order valence-corrected chi connectivity index (χ0v) is 16.5. The van der Waals surface area contributed by atoms with E-state index in [0.29, 0.717) is 39.1 Å². The summed E-state index contributed by atoms with van der Waals surface area (Å²) in [5.41, 5.74) is 0.0835. The molecule has 1 unspecified atom stereocenters. The number of amides is 4. The molecule has 1 N–H and O–H groups in total. The maximum Gasteiger partial charge on any atom is 0.325 e. The number of hydrogen-bond acceptors (Lipinski definition) is 5. The molecule has 1 atom stereocenters. The van der Waals surface area contributed by atoms with Gasteiger partial charge in [-0.05, 0) is 31.2 Å². The van der Waals surface area contributed by atoms with Gasteiger partial charge < -0.3 is 19.3 Å². The molecule has 0 bridgehead atoms. The maximum atomic E-state index is 12.6. The molecule has 8 heteroatoms. The molecule has 3 fully saturated rings. The van der Waals surface area contributed by atoms with E-state index in [-0.39, 0.29) is 30.6 Å². The summed E-state index contributed by atoms with van der Waals surface area (Å²) in [6, 6.07) is 9.26. The van der Waals surface area contributed by atoms with Crippen molar-refractivity contribution in [1.29, 1.82) is 0 Å². The second-order valence-electron chi connectivity index (χ2n) is 7.89. The maximum absolute atomic E-state index is 12.6. The first kappa shape index (κ1) is 19.8. The summed E-state index contributed by atoms with van der Waals surface area (Å²) in [5.74, 6) is -0.350. The van der Waals surface area contributed by atoms with Gasteiger partial charge in [0.05, 0.1) is 12.7 Å². The average Bonchev–Trinajstić information content (AvgIpc) is 3.32. The zero-order valence-electron chi connectivity index (χ0n) is 16.5. The molecule has 3 aliphatic heterocycles. The molecule has 3 aliphatic rings. The van der Waals surface area contributed by atoms with Crippen LogP contribution >= 0.6 is 0 Å². The van der Waals surface area contributed by atoms with Gasteiger partial charge in [-0.1, -0.05) is 30.3 Å². The molecule has 3 saturated heterocycles. The third-order valence-corrected chi connectivity index (χ3v) is 6.09. The van der Waals surface area contributed by atoms with Crippen LogP contribution in [-0.4, -0.2) is 72.2 Å². The van der Waals surface area contributed by atoms with Crippen LogP contribution < -0.4 is 5.32 Å². The van der Waals surface area contributed by atoms with E-state index in [1.54, 1.807) is 9.80 Å². The van der Waals surface area contributed by atoms with Crippen LogP contribution in [0.15, 0.2) is 30.3 Å². The lowest BCUT2D eigenvalue weighted by molar-refractivity contribution is -0.142. The van der Waals surface area contributed by atoms with Crippen molar-refractivity contribution in [2.45, 2.75) is 43.9 Å². The third-order valence-electron chi connectivity index (χ3n) is 6.09. The van der Waals surface area contributed by atoms with Gasteiger partial charge in [-0.3, -0.25) is 14.9 Å². The summed E-state index contributed by atoms with van der Waals surface area (Å²) in [6.45, 7) is 2.44. The highest BCUT2D eigenvalue weighted by Gasteiger charge is 2.54. The number of carbonyl (C=O) groups excluding carboxylic acids is 3. The van der Waals surface area contributed by atoms with Crippen LogP contribution in [0.1, 0.15) is 31.2 Å². The minimum Gasteiger partial charge on any atom is -0.376 e. The highest BCUT2D eigenvalue weighted by molar-refractivity contribution is 6.07. The van der Waals surface area contributed by atoms with Gasteiger partial charge in [-0.2, -0.15) is 0 Å². The molecule has 1 aromatic rings. The lowest BCUT2D eigenvalue weighted by Crippen LogP contribution is -2.57. The fraction of sp³-hybridized carbons (Fsp3) is 0.571. The zero-order chi connectivity index (χ0) is 20.3. The van der Waals surface area contributed by atoms with E-state index in [2.05, 4.69) is 5.32 Å². The Morgan fingerprint density at radius 2 is 1.97 bits per heavy atom. The van der Waals surface area contributed by atoms with Gasteiger partial charge in [0.2, 0.25) is 5.91 Å². The molecule has 1 spiro atoms. The summed E-state index contributed by atoms with van der Waals surface area (Å²) in [4.78, 5) is 40.9. The normalized spacial score (nSPS) is 23.7. The fourth-order valence-electron chi connectivity index (χ4n) is 4.35. The Morgan fingerprint density at radius 1 is 1.21 bits per heavy atom. The molecule has 0 aliphatic carbocycles. The number of urea groups is 1. The highest BCUT2D eigenvalue weighted by atomic mass is 16.5. The molecule has 3 heterocycles.